The number of hydrogen-bond donors (Lipinski definition) is 1. The van der Waals surface area contributed by atoms with Crippen LogP contribution in [0.5, 0.6) is 5.75 Å². The minimum Gasteiger partial charge on any atom is -0.495 e. The summed E-state index contributed by atoms with van der Waals surface area (Å²) in [6.07, 6.45) is -4.26. The van der Waals surface area contributed by atoms with Gasteiger partial charge in [0.2, 0.25) is 0 Å². The number of hydrogen-bond acceptors (Lipinski definition) is 2. The molecular weight excluding hydrogens is 269 g/mol. The first kappa shape index (κ1) is 16.2. The molecule has 0 atom stereocenters. The third kappa shape index (κ3) is 3.18. The van der Waals surface area contributed by atoms with Crippen molar-refractivity contribution in [3.05, 3.63) is 23.9 Å². The lowest BCUT2D eigenvalue weighted by Gasteiger charge is -2.12. The molecule has 2 N–H and O–H groups in total. The standard InChI is InChI=1S/C12H13F3N2O.C2H6/c1-7-5-8-9(17(7)6-12(13,14)15)3-4-10(18-2)11(8)16;1-2/h3-5H,6,16H2,1-2H3;1-2H3. The second-order valence-corrected chi connectivity index (χ2v) is 4.10. The zero-order valence-corrected chi connectivity index (χ0v) is 12.0. The highest BCUT2D eigenvalue weighted by Gasteiger charge is 2.29. The molecule has 0 aliphatic rings. The molecule has 0 bridgehead atoms. The van der Waals surface area contributed by atoms with E-state index >= 15 is 0 Å². The van der Waals surface area contributed by atoms with Gasteiger partial charge in [-0.2, -0.15) is 13.2 Å². The normalized spacial score (nSPS) is 11.2. The number of anilines is 1. The summed E-state index contributed by atoms with van der Waals surface area (Å²) in [6.45, 7) is 4.60. The molecule has 0 radical (unpaired) electrons. The summed E-state index contributed by atoms with van der Waals surface area (Å²) in [4.78, 5) is 0. The van der Waals surface area contributed by atoms with Crippen molar-refractivity contribution in [3.63, 3.8) is 0 Å². The molecule has 0 amide bonds. The summed E-state index contributed by atoms with van der Waals surface area (Å²) in [5.74, 6) is 0.464. The Morgan fingerprint density at radius 1 is 1.25 bits per heavy atom. The minimum atomic E-state index is -4.26. The lowest BCUT2D eigenvalue weighted by molar-refractivity contribution is -0.140. The molecule has 0 spiro atoms. The van der Waals surface area contributed by atoms with Crippen molar-refractivity contribution in [1.29, 1.82) is 0 Å². The molecule has 3 nitrogen and oxygen atoms in total. The van der Waals surface area contributed by atoms with Crippen LogP contribution in [0.25, 0.3) is 10.9 Å². The van der Waals surface area contributed by atoms with Crippen molar-refractivity contribution in [2.24, 2.45) is 0 Å². The molecule has 0 aliphatic carbocycles. The van der Waals surface area contributed by atoms with Gasteiger partial charge in [0.25, 0.3) is 0 Å². The molecule has 2 aromatic rings. The number of aryl methyl sites for hydroxylation is 1. The third-order valence-electron chi connectivity index (χ3n) is 2.85. The van der Waals surface area contributed by atoms with Crippen molar-refractivity contribution in [2.75, 3.05) is 12.8 Å². The molecule has 1 aromatic heterocycles. The Balaban J connectivity index is 0.000000956. The second-order valence-electron chi connectivity index (χ2n) is 4.10. The van der Waals surface area contributed by atoms with Gasteiger partial charge in [-0.05, 0) is 25.1 Å². The number of benzene rings is 1. The van der Waals surface area contributed by atoms with Gasteiger partial charge in [0.15, 0.2) is 0 Å². The number of nitrogens with zero attached hydrogens (tertiary/aromatic N) is 1. The fraction of sp³-hybridized carbons (Fsp3) is 0.429. The zero-order valence-electron chi connectivity index (χ0n) is 12.0. The van der Waals surface area contributed by atoms with Crippen LogP contribution in [0.1, 0.15) is 19.5 Å². The Hall–Kier alpha value is -1.85. The summed E-state index contributed by atoms with van der Waals surface area (Å²) in [5.41, 5.74) is 7.19. The number of nitrogens with two attached hydrogens (primary N) is 1. The Bertz CT molecular complexity index is 588. The largest absolute Gasteiger partial charge is 0.495 e. The third-order valence-corrected chi connectivity index (χ3v) is 2.85. The maximum absolute atomic E-state index is 12.5. The smallest absolute Gasteiger partial charge is 0.406 e. The van der Waals surface area contributed by atoms with Crippen LogP contribution in [0.3, 0.4) is 0 Å². The minimum absolute atomic E-state index is 0.360. The summed E-state index contributed by atoms with van der Waals surface area (Å²) in [6, 6.07) is 4.80. The van der Waals surface area contributed by atoms with Crippen molar-refractivity contribution in [1.82, 2.24) is 4.57 Å². The van der Waals surface area contributed by atoms with E-state index in [1.165, 1.54) is 11.7 Å². The first-order chi connectivity index (χ1) is 9.33. The van der Waals surface area contributed by atoms with Gasteiger partial charge >= 0.3 is 6.18 Å². The molecule has 20 heavy (non-hydrogen) atoms. The average molecular weight is 288 g/mol. The van der Waals surface area contributed by atoms with Crippen molar-refractivity contribution >= 4 is 16.6 Å². The van der Waals surface area contributed by atoms with Crippen LogP contribution in [0.15, 0.2) is 18.2 Å². The number of alkyl halides is 3. The number of nitrogen functional groups attached to an aromatic ring is 1. The molecular formula is C14H19F3N2O. The summed E-state index contributed by atoms with van der Waals surface area (Å²) >= 11 is 0. The first-order valence-corrected chi connectivity index (χ1v) is 6.32. The maximum Gasteiger partial charge on any atom is 0.406 e. The lowest BCUT2D eigenvalue weighted by Crippen LogP contribution is -2.18. The predicted octanol–water partition coefficient (Wildman–Crippen LogP) is 4.13. The van der Waals surface area contributed by atoms with E-state index in [1.54, 1.807) is 25.1 Å². The number of fused-ring (bicyclic) bond motifs is 1. The Morgan fingerprint density at radius 3 is 2.35 bits per heavy atom. The monoisotopic (exact) mass is 288 g/mol. The highest BCUT2D eigenvalue weighted by atomic mass is 19.4. The summed E-state index contributed by atoms with van der Waals surface area (Å²) < 4.78 is 43.7. The van der Waals surface area contributed by atoms with Gasteiger partial charge in [-0.3, -0.25) is 0 Å². The number of ether oxygens (including phenoxy) is 1. The molecule has 0 unspecified atom stereocenters. The number of halogens is 3. The zero-order chi connectivity index (χ0) is 15.5. The van der Waals surface area contributed by atoms with E-state index in [2.05, 4.69) is 0 Å². The average Bonchev–Trinajstić information content (AvgIpc) is 2.69. The maximum atomic E-state index is 12.5. The molecule has 0 fully saturated rings. The molecule has 1 aromatic carbocycles. The van der Waals surface area contributed by atoms with E-state index in [0.717, 1.165) is 0 Å². The van der Waals surface area contributed by atoms with E-state index in [9.17, 15) is 13.2 Å². The van der Waals surface area contributed by atoms with E-state index in [4.69, 9.17) is 10.5 Å². The molecule has 0 aliphatic heterocycles. The summed E-state index contributed by atoms with van der Waals surface area (Å²) in [5, 5.41) is 0.580. The molecule has 6 heteroatoms. The van der Waals surface area contributed by atoms with E-state index < -0.39 is 12.7 Å². The predicted molar refractivity (Wildman–Crippen MR) is 75.0 cm³/mol. The van der Waals surface area contributed by atoms with Crippen LogP contribution < -0.4 is 10.5 Å². The van der Waals surface area contributed by atoms with E-state index in [1.807, 2.05) is 13.8 Å². The topological polar surface area (TPSA) is 40.2 Å². The van der Waals surface area contributed by atoms with Gasteiger partial charge in [-0.15, -0.1) is 0 Å². The van der Waals surface area contributed by atoms with Gasteiger partial charge < -0.3 is 15.0 Å². The molecule has 0 saturated carbocycles. The Kier molecular flexibility index (Phi) is 4.92. The van der Waals surface area contributed by atoms with Crippen molar-refractivity contribution in [3.8, 4) is 5.75 Å². The van der Waals surface area contributed by atoms with Crippen LogP contribution >= 0.6 is 0 Å². The van der Waals surface area contributed by atoms with Crippen LogP contribution in [0.2, 0.25) is 0 Å². The highest BCUT2D eigenvalue weighted by Crippen LogP contribution is 2.33. The van der Waals surface area contributed by atoms with Gasteiger partial charge in [-0.25, -0.2) is 0 Å². The van der Waals surface area contributed by atoms with Gasteiger partial charge in [0.1, 0.15) is 12.3 Å². The fourth-order valence-corrected chi connectivity index (χ4v) is 2.04. The number of methoxy groups -OCH3 is 1. The number of aromatic nitrogens is 1. The van der Waals surface area contributed by atoms with Crippen LogP contribution in [-0.2, 0) is 6.54 Å². The SMILES string of the molecule is CC.COc1ccc2c(cc(C)n2CC(F)(F)F)c1N. The molecule has 1 heterocycles. The summed E-state index contributed by atoms with van der Waals surface area (Å²) in [7, 11) is 1.47. The lowest BCUT2D eigenvalue weighted by atomic mass is 10.2. The van der Waals surface area contributed by atoms with Gasteiger partial charge in [-0.1, -0.05) is 13.8 Å². The van der Waals surface area contributed by atoms with Gasteiger partial charge in [0, 0.05) is 11.1 Å². The second kappa shape index (κ2) is 6.07. The van der Waals surface area contributed by atoms with Gasteiger partial charge in [0.05, 0.1) is 18.3 Å². The quantitative estimate of drug-likeness (QED) is 0.844. The Labute approximate surface area is 116 Å². The number of rotatable bonds is 2. The van der Waals surface area contributed by atoms with E-state index in [0.29, 0.717) is 28.0 Å². The van der Waals surface area contributed by atoms with E-state index in [-0.39, 0.29) is 0 Å². The van der Waals surface area contributed by atoms with Crippen LogP contribution in [0.4, 0.5) is 18.9 Å². The highest BCUT2D eigenvalue weighted by molar-refractivity contribution is 5.95. The van der Waals surface area contributed by atoms with Crippen LogP contribution in [-0.4, -0.2) is 17.9 Å². The molecule has 2 rings (SSSR count). The fourth-order valence-electron chi connectivity index (χ4n) is 2.04. The molecule has 0 saturated heterocycles. The Morgan fingerprint density at radius 2 is 1.85 bits per heavy atom. The van der Waals surface area contributed by atoms with Crippen molar-refractivity contribution < 1.29 is 17.9 Å². The first-order valence-electron chi connectivity index (χ1n) is 6.32. The van der Waals surface area contributed by atoms with Crippen molar-refractivity contribution in [2.45, 2.75) is 33.5 Å². The molecule has 112 valence electrons. The van der Waals surface area contributed by atoms with Crippen LogP contribution in [0, 0.1) is 6.92 Å².